The van der Waals surface area contributed by atoms with E-state index in [9.17, 15) is 9.59 Å². The minimum Gasteiger partial charge on any atom is -0.342 e. The van der Waals surface area contributed by atoms with Crippen LogP contribution in [-0.2, 0) is 9.59 Å². The highest BCUT2D eigenvalue weighted by Crippen LogP contribution is 2.30. The Hall–Kier alpha value is -2.38. The van der Waals surface area contributed by atoms with E-state index in [0.717, 1.165) is 34.9 Å². The standard InChI is InChI=1S/C22H23N3O2S2/c26-20(12-14-28-22-24-18-10-4-5-11-19(18)29-22)25-13-6-7-16(15-25)21(27)23-17-8-2-1-3-9-17/h1-5,8-11,16H,6-7,12-15H2,(H,23,27)/t16-/m0/s1. The van der Waals surface area contributed by atoms with Gasteiger partial charge in [0.2, 0.25) is 11.8 Å². The van der Waals surface area contributed by atoms with E-state index in [1.165, 1.54) is 4.70 Å². The van der Waals surface area contributed by atoms with Crippen LogP contribution in [0.2, 0.25) is 0 Å². The number of thiazole rings is 1. The van der Waals surface area contributed by atoms with E-state index < -0.39 is 0 Å². The summed E-state index contributed by atoms with van der Waals surface area (Å²) in [5, 5.41) is 2.96. The van der Waals surface area contributed by atoms with E-state index in [0.29, 0.717) is 18.7 Å². The van der Waals surface area contributed by atoms with Crippen LogP contribution in [-0.4, -0.2) is 40.5 Å². The van der Waals surface area contributed by atoms with Crippen molar-refractivity contribution in [2.75, 3.05) is 24.2 Å². The molecule has 1 N–H and O–H groups in total. The van der Waals surface area contributed by atoms with Gasteiger partial charge in [0.15, 0.2) is 4.34 Å². The molecule has 0 unspecified atom stereocenters. The molecule has 5 nitrogen and oxygen atoms in total. The van der Waals surface area contributed by atoms with Crippen molar-refractivity contribution in [3.63, 3.8) is 0 Å². The van der Waals surface area contributed by atoms with Gasteiger partial charge in [0.25, 0.3) is 0 Å². The Kier molecular flexibility index (Phi) is 6.46. The summed E-state index contributed by atoms with van der Waals surface area (Å²) in [4.78, 5) is 31.7. The minimum atomic E-state index is -0.148. The minimum absolute atomic E-state index is 0.00227. The van der Waals surface area contributed by atoms with Gasteiger partial charge < -0.3 is 10.2 Å². The third-order valence-electron chi connectivity index (χ3n) is 5.00. The highest BCUT2D eigenvalue weighted by atomic mass is 32.2. The van der Waals surface area contributed by atoms with Crippen molar-refractivity contribution in [1.29, 1.82) is 0 Å². The Morgan fingerprint density at radius 1 is 1.14 bits per heavy atom. The maximum Gasteiger partial charge on any atom is 0.229 e. The molecule has 7 heteroatoms. The smallest absolute Gasteiger partial charge is 0.229 e. The first kappa shape index (κ1) is 19.9. The maximum absolute atomic E-state index is 12.7. The molecule has 1 aliphatic heterocycles. The van der Waals surface area contributed by atoms with Gasteiger partial charge in [0.05, 0.1) is 16.1 Å². The normalized spacial score (nSPS) is 16.7. The molecule has 0 spiro atoms. The van der Waals surface area contributed by atoms with Crippen molar-refractivity contribution >= 4 is 50.8 Å². The van der Waals surface area contributed by atoms with Crippen LogP contribution in [0.4, 0.5) is 5.69 Å². The number of hydrogen-bond donors (Lipinski definition) is 1. The number of amides is 2. The number of para-hydroxylation sites is 2. The lowest BCUT2D eigenvalue weighted by Gasteiger charge is -2.32. The van der Waals surface area contributed by atoms with Crippen molar-refractivity contribution in [2.45, 2.75) is 23.6 Å². The van der Waals surface area contributed by atoms with Gasteiger partial charge in [-0.25, -0.2) is 4.98 Å². The molecular formula is C22H23N3O2S2. The average molecular weight is 426 g/mol. The van der Waals surface area contributed by atoms with Crippen LogP contribution in [0.1, 0.15) is 19.3 Å². The Bertz CT molecular complexity index is 957. The number of carbonyl (C=O) groups is 2. The fourth-order valence-corrected chi connectivity index (χ4v) is 5.55. The Balaban J connectivity index is 1.26. The number of thioether (sulfide) groups is 1. The fourth-order valence-electron chi connectivity index (χ4n) is 3.48. The zero-order valence-corrected chi connectivity index (χ0v) is 17.7. The van der Waals surface area contributed by atoms with E-state index in [1.807, 2.05) is 53.4 Å². The predicted molar refractivity (Wildman–Crippen MR) is 119 cm³/mol. The molecule has 1 atom stereocenters. The monoisotopic (exact) mass is 425 g/mol. The SMILES string of the molecule is O=C(Nc1ccccc1)[C@H]1CCCN(C(=O)CCSc2nc3ccccc3s2)C1. The van der Waals surface area contributed by atoms with Crippen molar-refractivity contribution in [3.8, 4) is 0 Å². The van der Waals surface area contributed by atoms with Crippen LogP contribution >= 0.6 is 23.1 Å². The summed E-state index contributed by atoms with van der Waals surface area (Å²) in [5.74, 6) is 0.675. The molecule has 150 valence electrons. The molecule has 29 heavy (non-hydrogen) atoms. The number of fused-ring (bicyclic) bond motifs is 1. The summed E-state index contributed by atoms with van der Waals surface area (Å²) in [7, 11) is 0. The summed E-state index contributed by atoms with van der Waals surface area (Å²) in [5.41, 5.74) is 1.81. The lowest BCUT2D eigenvalue weighted by molar-refractivity contribution is -0.134. The number of benzene rings is 2. The van der Waals surface area contributed by atoms with Crippen LogP contribution in [0.3, 0.4) is 0 Å². The zero-order valence-electron chi connectivity index (χ0n) is 16.0. The Morgan fingerprint density at radius 3 is 2.76 bits per heavy atom. The molecule has 2 heterocycles. The number of likely N-dealkylation sites (tertiary alicyclic amines) is 1. The summed E-state index contributed by atoms with van der Waals surface area (Å²) in [6.07, 6.45) is 2.15. The zero-order chi connectivity index (χ0) is 20.1. The second-order valence-electron chi connectivity index (χ2n) is 7.08. The van der Waals surface area contributed by atoms with Gasteiger partial charge in [0, 0.05) is 31.0 Å². The lowest BCUT2D eigenvalue weighted by Crippen LogP contribution is -2.43. The van der Waals surface area contributed by atoms with Gasteiger partial charge in [-0.05, 0) is 37.1 Å². The van der Waals surface area contributed by atoms with Crippen molar-refractivity contribution in [3.05, 3.63) is 54.6 Å². The number of anilines is 1. The highest BCUT2D eigenvalue weighted by molar-refractivity contribution is 8.01. The van der Waals surface area contributed by atoms with Gasteiger partial charge in [-0.3, -0.25) is 9.59 Å². The van der Waals surface area contributed by atoms with Crippen LogP contribution in [0, 0.1) is 5.92 Å². The summed E-state index contributed by atoms with van der Waals surface area (Å²) in [6, 6.07) is 17.5. The van der Waals surface area contributed by atoms with Crippen LogP contribution in [0.25, 0.3) is 10.2 Å². The van der Waals surface area contributed by atoms with E-state index >= 15 is 0 Å². The number of rotatable bonds is 6. The molecule has 3 aromatic rings. The van der Waals surface area contributed by atoms with Crippen molar-refractivity contribution < 1.29 is 9.59 Å². The third-order valence-corrected chi connectivity index (χ3v) is 7.18. The maximum atomic E-state index is 12.7. The molecular weight excluding hydrogens is 402 g/mol. The van der Waals surface area contributed by atoms with Gasteiger partial charge in [-0.15, -0.1) is 11.3 Å². The van der Waals surface area contributed by atoms with Crippen LogP contribution in [0.5, 0.6) is 0 Å². The second kappa shape index (κ2) is 9.41. The quantitative estimate of drug-likeness (QED) is 0.584. The summed E-state index contributed by atoms with van der Waals surface area (Å²) < 4.78 is 2.17. The van der Waals surface area contributed by atoms with Crippen molar-refractivity contribution in [1.82, 2.24) is 9.88 Å². The predicted octanol–water partition coefficient (Wildman–Crippen LogP) is 4.66. The third kappa shape index (κ3) is 5.16. The molecule has 2 aromatic carbocycles. The van der Waals surface area contributed by atoms with E-state index in [2.05, 4.69) is 16.4 Å². The molecule has 0 radical (unpaired) electrons. The molecule has 1 aliphatic rings. The molecule has 2 amide bonds. The van der Waals surface area contributed by atoms with Gasteiger partial charge >= 0.3 is 0 Å². The topological polar surface area (TPSA) is 62.3 Å². The average Bonchev–Trinajstić information content (AvgIpc) is 3.17. The number of hydrogen-bond acceptors (Lipinski definition) is 5. The summed E-state index contributed by atoms with van der Waals surface area (Å²) >= 11 is 3.29. The van der Waals surface area contributed by atoms with Crippen LogP contribution < -0.4 is 5.32 Å². The summed E-state index contributed by atoms with van der Waals surface area (Å²) in [6.45, 7) is 1.24. The first-order valence-corrected chi connectivity index (χ1v) is 11.6. The Labute approximate surface area is 178 Å². The molecule has 1 fully saturated rings. The largest absolute Gasteiger partial charge is 0.342 e. The van der Waals surface area contributed by atoms with Crippen molar-refractivity contribution in [2.24, 2.45) is 5.92 Å². The molecule has 1 saturated heterocycles. The van der Waals surface area contributed by atoms with Gasteiger partial charge in [-0.1, -0.05) is 42.1 Å². The number of aromatic nitrogens is 1. The number of nitrogens with one attached hydrogen (secondary N) is 1. The number of piperidine rings is 1. The Morgan fingerprint density at radius 2 is 1.93 bits per heavy atom. The van der Waals surface area contributed by atoms with E-state index in [4.69, 9.17) is 0 Å². The molecule has 0 saturated carbocycles. The first-order chi connectivity index (χ1) is 14.2. The molecule has 0 bridgehead atoms. The van der Waals surface area contributed by atoms with Crippen LogP contribution in [0.15, 0.2) is 58.9 Å². The highest BCUT2D eigenvalue weighted by Gasteiger charge is 2.28. The van der Waals surface area contributed by atoms with Gasteiger partial charge in [-0.2, -0.15) is 0 Å². The molecule has 0 aliphatic carbocycles. The first-order valence-electron chi connectivity index (χ1n) is 9.81. The number of nitrogens with zero attached hydrogens (tertiary/aromatic N) is 2. The van der Waals surface area contributed by atoms with Gasteiger partial charge in [0.1, 0.15) is 0 Å². The lowest BCUT2D eigenvalue weighted by atomic mass is 9.96. The van der Waals surface area contributed by atoms with E-state index in [1.54, 1.807) is 23.1 Å². The molecule has 4 rings (SSSR count). The molecule has 1 aromatic heterocycles. The second-order valence-corrected chi connectivity index (χ2v) is 9.45. The number of carbonyl (C=O) groups excluding carboxylic acids is 2. The van der Waals surface area contributed by atoms with E-state index in [-0.39, 0.29) is 17.7 Å². The fraction of sp³-hybridized carbons (Fsp3) is 0.318.